The smallest absolute Gasteiger partial charge is 0.164 e. The van der Waals surface area contributed by atoms with Gasteiger partial charge in [-0.25, -0.2) is 59.8 Å². The van der Waals surface area contributed by atoms with E-state index in [1.54, 1.807) is 12.4 Å². The van der Waals surface area contributed by atoms with Gasteiger partial charge in [-0.05, 0) is 121 Å². The van der Waals surface area contributed by atoms with Crippen LogP contribution >= 0.6 is 0 Å². The lowest BCUT2D eigenvalue weighted by atomic mass is 9.91. The number of hydrogen-bond donors (Lipinski definition) is 0. The molecule has 0 radical (unpaired) electrons. The number of nitrogens with zero attached hydrogens (tertiary/aromatic N) is 17. The van der Waals surface area contributed by atoms with Gasteiger partial charge in [-0.2, -0.15) is 10.5 Å². The third kappa shape index (κ3) is 13.2. The summed E-state index contributed by atoms with van der Waals surface area (Å²) in [6.07, 6.45) is 3.53. The van der Waals surface area contributed by atoms with Crippen LogP contribution in [0.5, 0.6) is 0 Å². The number of rotatable bonds is 16. The molecular formula is C103H61N17. The maximum atomic E-state index is 11.6. The van der Waals surface area contributed by atoms with Crippen molar-refractivity contribution in [3.8, 4) is 182 Å². The molecule has 0 aliphatic carbocycles. The fourth-order valence-electron chi connectivity index (χ4n) is 15.8. The van der Waals surface area contributed by atoms with Crippen molar-refractivity contribution in [3.63, 3.8) is 0 Å². The fourth-order valence-corrected chi connectivity index (χ4v) is 15.8. The second-order valence-electron chi connectivity index (χ2n) is 28.9. The predicted molar refractivity (Wildman–Crippen MR) is 472 cm³/mol. The van der Waals surface area contributed by atoms with Crippen molar-refractivity contribution in [2.75, 3.05) is 0 Å². The average Bonchev–Trinajstić information content (AvgIpc) is 1.73. The Morgan fingerprint density at radius 2 is 0.433 bits per heavy atom. The first-order valence-electron chi connectivity index (χ1n) is 39.0. The molecule has 0 aliphatic heterocycles. The number of pyridine rings is 1. The van der Waals surface area contributed by atoms with Gasteiger partial charge in [-0.3, -0.25) is 4.98 Å². The minimum absolute atomic E-state index is 0.372. The van der Waals surface area contributed by atoms with E-state index in [9.17, 15) is 10.5 Å². The van der Waals surface area contributed by atoms with Crippen molar-refractivity contribution in [2.24, 2.45) is 0 Å². The van der Waals surface area contributed by atoms with Crippen molar-refractivity contribution in [1.29, 1.82) is 10.5 Å². The van der Waals surface area contributed by atoms with Gasteiger partial charge in [0.1, 0.15) is 0 Å². The van der Waals surface area contributed by atoms with Crippen LogP contribution in [-0.4, -0.2) is 73.9 Å². The zero-order chi connectivity index (χ0) is 80.0. The van der Waals surface area contributed by atoms with Crippen LogP contribution in [0.15, 0.2) is 370 Å². The maximum Gasteiger partial charge on any atom is 0.164 e. The van der Waals surface area contributed by atoms with E-state index in [4.69, 9.17) is 59.8 Å². The molecule has 120 heavy (non-hydrogen) atoms. The minimum Gasteiger partial charge on any atom is -0.309 e. The van der Waals surface area contributed by atoms with E-state index in [-0.39, 0.29) is 0 Å². The van der Waals surface area contributed by atoms with Crippen molar-refractivity contribution >= 4 is 43.6 Å². The lowest BCUT2D eigenvalue weighted by Gasteiger charge is -2.22. The molecule has 0 N–H and O–H groups in total. The Morgan fingerprint density at radius 1 is 0.192 bits per heavy atom. The highest BCUT2D eigenvalue weighted by Crippen LogP contribution is 2.48. The summed E-state index contributed by atoms with van der Waals surface area (Å²) >= 11 is 0. The molecule has 17 heteroatoms. The minimum atomic E-state index is 0.372. The average molecular weight is 1540 g/mol. The number of nitriles is 2. The van der Waals surface area contributed by atoms with E-state index in [1.165, 1.54) is 0 Å². The van der Waals surface area contributed by atoms with E-state index < -0.39 is 0 Å². The monoisotopic (exact) mass is 1540 g/mol. The molecule has 21 rings (SSSR count). The Bertz CT molecular complexity index is 7040. The van der Waals surface area contributed by atoms with Crippen molar-refractivity contribution < 1.29 is 0 Å². The molecule has 0 saturated heterocycles. The molecule has 0 spiro atoms. The normalized spacial score (nSPS) is 11.3. The molecule has 558 valence electrons. The Morgan fingerprint density at radius 3 is 0.700 bits per heavy atom. The Labute approximate surface area is 687 Å². The van der Waals surface area contributed by atoms with E-state index in [0.29, 0.717) is 109 Å². The third-order valence-corrected chi connectivity index (χ3v) is 21.5. The zero-order valence-electron chi connectivity index (χ0n) is 63.8. The molecule has 0 bridgehead atoms. The topological polar surface area (TPSA) is 225 Å². The van der Waals surface area contributed by atoms with Crippen molar-refractivity contribution in [3.05, 3.63) is 381 Å². The van der Waals surface area contributed by atoms with E-state index in [0.717, 1.165) is 116 Å². The van der Waals surface area contributed by atoms with E-state index in [1.807, 2.05) is 285 Å². The van der Waals surface area contributed by atoms with Crippen LogP contribution < -0.4 is 0 Å². The quantitative estimate of drug-likeness (QED) is 0.0877. The van der Waals surface area contributed by atoms with Gasteiger partial charge in [0, 0.05) is 117 Å². The van der Waals surface area contributed by atoms with Crippen molar-refractivity contribution in [1.82, 2.24) is 73.9 Å². The predicted octanol–water partition coefficient (Wildman–Crippen LogP) is 23.1. The van der Waals surface area contributed by atoms with Gasteiger partial charge in [0.2, 0.25) is 0 Å². The zero-order valence-corrected chi connectivity index (χ0v) is 63.8. The highest BCUT2D eigenvalue weighted by Gasteiger charge is 2.28. The van der Waals surface area contributed by atoms with Gasteiger partial charge in [0.05, 0.1) is 56.7 Å². The number of hydrogen-bond acceptors (Lipinski definition) is 15. The van der Waals surface area contributed by atoms with Gasteiger partial charge in [0.25, 0.3) is 0 Å². The molecule has 7 aromatic heterocycles. The van der Waals surface area contributed by atoms with Crippen LogP contribution in [0.1, 0.15) is 11.1 Å². The standard InChI is InChI=1S/C103H61N17/c104-62-64-41-46-86(119-87-47-42-75(100-111-92(67-25-9-1-10-26-67)107-93(112-100)68-27-11-2-12-28-68)58-81(87)82-59-76(43-48-88(82)119)101-113-94(69-29-13-3-14-30-69)108-95(114-101)70-31-15-4-16-32-70)80(55-64)85-57-65(63-105)56-79(66-51-53-106-54-52-66)91(85)120-89-49-44-77(102-115-96(71-33-17-5-18-34-71)109-97(116-102)72-35-19-6-20-36-72)60-83(89)84-61-78(45-50-90(84)120)103-117-98(73-37-21-7-22-38-73)110-99(118-103)74-39-23-8-24-40-74/h1-61H. The van der Waals surface area contributed by atoms with Gasteiger partial charge in [-0.15, -0.1) is 0 Å². The second kappa shape index (κ2) is 30.3. The van der Waals surface area contributed by atoms with Crippen LogP contribution in [0.2, 0.25) is 0 Å². The molecule has 7 heterocycles. The Balaban J connectivity index is 0.836. The maximum absolute atomic E-state index is 11.6. The van der Waals surface area contributed by atoms with Crippen LogP contribution in [-0.2, 0) is 0 Å². The molecule has 17 nitrogen and oxygen atoms in total. The summed E-state index contributed by atoms with van der Waals surface area (Å²) in [5, 5.41) is 26.3. The fraction of sp³-hybridized carbons (Fsp3) is 0. The van der Waals surface area contributed by atoms with Crippen LogP contribution in [0.25, 0.3) is 214 Å². The van der Waals surface area contributed by atoms with Crippen molar-refractivity contribution in [2.45, 2.75) is 0 Å². The summed E-state index contributed by atoms with van der Waals surface area (Å²) in [4.78, 5) is 67.0. The van der Waals surface area contributed by atoms with Gasteiger partial charge in [-0.1, -0.05) is 243 Å². The van der Waals surface area contributed by atoms with Gasteiger partial charge in [0.15, 0.2) is 69.9 Å². The van der Waals surface area contributed by atoms with Gasteiger partial charge >= 0.3 is 0 Å². The summed E-state index contributed by atoms with van der Waals surface area (Å²) < 4.78 is 4.52. The molecule has 0 saturated carbocycles. The van der Waals surface area contributed by atoms with E-state index in [2.05, 4.69) is 99.1 Å². The molecule has 21 aromatic rings. The first-order chi connectivity index (χ1) is 59.3. The molecule has 0 fully saturated rings. The summed E-state index contributed by atoms with van der Waals surface area (Å²) in [5.74, 6) is 6.00. The van der Waals surface area contributed by atoms with E-state index >= 15 is 0 Å². The number of benzene rings is 14. The lowest BCUT2D eigenvalue weighted by Crippen LogP contribution is -2.05. The summed E-state index contributed by atoms with van der Waals surface area (Å²) in [6, 6.07) is 124. The molecule has 0 aliphatic rings. The number of aromatic nitrogens is 15. The Kier molecular flexibility index (Phi) is 17.9. The molecule has 0 atom stereocenters. The Hall–Kier alpha value is -17.2. The lowest BCUT2D eigenvalue weighted by molar-refractivity contribution is 1.07. The highest BCUT2D eigenvalue weighted by molar-refractivity contribution is 6.15. The summed E-state index contributed by atoms with van der Waals surface area (Å²) in [7, 11) is 0. The largest absolute Gasteiger partial charge is 0.309 e. The summed E-state index contributed by atoms with van der Waals surface area (Å²) in [5.41, 5.74) is 17.7. The summed E-state index contributed by atoms with van der Waals surface area (Å²) in [6.45, 7) is 0. The SMILES string of the molecule is N#Cc1ccc(-n2c3ccc(-c4nc(-c5ccccc5)nc(-c5ccccc5)n4)cc3c3cc(-c4nc(-c5ccccc5)nc(-c5ccccc5)n4)ccc32)c(-c2cc(C#N)cc(-c3ccncc3)c2-n2c3ccc(-c4nc(-c5ccccc5)nc(-c5ccccc5)n4)cc3c3cc(-c4nc(-c5ccccc5)nc(-c5ccccc5)n4)ccc32)c1. The molecular weight excluding hydrogens is 1480 g/mol. The first-order valence-corrected chi connectivity index (χ1v) is 39.0. The van der Waals surface area contributed by atoms with Crippen LogP contribution in [0, 0.1) is 22.7 Å². The van der Waals surface area contributed by atoms with Crippen LogP contribution in [0.3, 0.4) is 0 Å². The van der Waals surface area contributed by atoms with Crippen LogP contribution in [0.4, 0.5) is 0 Å². The first kappa shape index (κ1) is 70.7. The highest BCUT2D eigenvalue weighted by atomic mass is 15.1. The molecule has 0 amide bonds. The molecule has 14 aromatic carbocycles. The number of fused-ring (bicyclic) bond motifs is 6. The third-order valence-electron chi connectivity index (χ3n) is 21.5. The van der Waals surface area contributed by atoms with Gasteiger partial charge < -0.3 is 9.13 Å². The second-order valence-corrected chi connectivity index (χ2v) is 28.9. The molecule has 0 unspecified atom stereocenters.